The highest BCUT2D eigenvalue weighted by Crippen LogP contribution is 2.22. The van der Waals surface area contributed by atoms with Gasteiger partial charge in [0.25, 0.3) is 5.69 Å². The van der Waals surface area contributed by atoms with Crippen LogP contribution in [0.2, 0.25) is 0 Å². The zero-order valence-corrected chi connectivity index (χ0v) is 6.52. The molecule has 0 atom stereocenters. The highest BCUT2D eigenvalue weighted by Gasteiger charge is 2.13. The Labute approximate surface area is 71.6 Å². The Balaban J connectivity index is 3.31. The van der Waals surface area contributed by atoms with E-state index in [1.54, 1.807) is 0 Å². The van der Waals surface area contributed by atoms with E-state index in [1.165, 1.54) is 0 Å². The molecule has 6 heteroatoms. The van der Waals surface area contributed by atoms with Gasteiger partial charge in [0.05, 0.1) is 22.0 Å². The first-order valence-electron chi connectivity index (χ1n) is 2.85. The minimum absolute atomic E-state index is 0.513. The molecule has 0 bridgehead atoms. The minimum Gasteiger partial charge on any atom is -0.258 e. The third kappa shape index (κ3) is 1.53. The van der Waals surface area contributed by atoms with Gasteiger partial charge in [-0.1, -0.05) is 0 Å². The molecule has 0 spiro atoms. The van der Waals surface area contributed by atoms with Crippen LogP contribution in [0.4, 0.5) is 14.5 Å². The van der Waals surface area contributed by atoms with Crippen LogP contribution in [0.5, 0.6) is 0 Å². The smallest absolute Gasteiger partial charge is 0.258 e. The fraction of sp³-hybridized carbons (Fsp3) is 0. The molecule has 0 aliphatic carbocycles. The molecule has 0 aliphatic heterocycles. The fourth-order valence-electron chi connectivity index (χ4n) is 0.658. The van der Waals surface area contributed by atoms with Gasteiger partial charge in [0.15, 0.2) is 0 Å². The molecule has 0 saturated heterocycles. The zero-order chi connectivity index (χ0) is 9.30. The van der Waals surface area contributed by atoms with Crippen molar-refractivity contribution >= 4 is 18.3 Å². The van der Waals surface area contributed by atoms with E-state index in [4.69, 9.17) is 0 Å². The van der Waals surface area contributed by atoms with Gasteiger partial charge in [-0.2, -0.15) is 0 Å². The molecule has 0 aromatic heterocycles. The van der Waals surface area contributed by atoms with E-state index in [1.807, 2.05) is 0 Å². The van der Waals surface area contributed by atoms with Crippen LogP contribution < -0.4 is 0 Å². The molecular weight excluding hydrogens is 188 g/mol. The number of halogens is 2. The number of hydrogen-bond acceptors (Lipinski definition) is 3. The zero-order valence-electron chi connectivity index (χ0n) is 5.62. The Kier molecular flexibility index (Phi) is 2.27. The number of nitrogens with zero attached hydrogens (tertiary/aromatic N) is 1. The lowest BCUT2D eigenvalue weighted by Gasteiger charge is -1.96. The number of thiol groups is 1. The maximum Gasteiger partial charge on any atom is 0.275 e. The van der Waals surface area contributed by atoms with Crippen LogP contribution in [0.3, 0.4) is 0 Å². The van der Waals surface area contributed by atoms with Crippen molar-refractivity contribution in [2.75, 3.05) is 0 Å². The van der Waals surface area contributed by atoms with Crippen LogP contribution in [0, 0.1) is 21.7 Å². The molecular formula is C6H3F2NO2S. The lowest BCUT2D eigenvalue weighted by atomic mass is 10.3. The molecule has 1 rings (SSSR count). The maximum atomic E-state index is 12.6. The number of rotatable bonds is 1. The van der Waals surface area contributed by atoms with Crippen LogP contribution in [-0.2, 0) is 0 Å². The van der Waals surface area contributed by atoms with Gasteiger partial charge < -0.3 is 0 Å². The van der Waals surface area contributed by atoms with Gasteiger partial charge >= 0.3 is 0 Å². The molecule has 3 nitrogen and oxygen atoms in total. The first-order valence-corrected chi connectivity index (χ1v) is 3.29. The van der Waals surface area contributed by atoms with Crippen LogP contribution in [0.1, 0.15) is 0 Å². The number of nitro benzene ring substituents is 1. The first kappa shape index (κ1) is 8.92. The standard InChI is InChI=1S/C6H3F2NO2S/c7-4-1-3(9(10)11)2-5(8)6(4)12/h1-2,12H. The van der Waals surface area contributed by atoms with Crippen LogP contribution in [-0.4, -0.2) is 4.92 Å². The van der Waals surface area contributed by atoms with Crippen LogP contribution >= 0.6 is 12.6 Å². The van der Waals surface area contributed by atoms with Gasteiger partial charge in [-0.25, -0.2) is 8.78 Å². The Morgan fingerprint density at radius 2 is 1.75 bits per heavy atom. The summed E-state index contributed by atoms with van der Waals surface area (Å²) >= 11 is 3.45. The Morgan fingerprint density at radius 3 is 2.08 bits per heavy atom. The molecule has 64 valence electrons. The quantitative estimate of drug-likeness (QED) is 0.420. The van der Waals surface area contributed by atoms with Crippen molar-refractivity contribution in [1.82, 2.24) is 0 Å². The predicted octanol–water partition coefficient (Wildman–Crippen LogP) is 2.16. The topological polar surface area (TPSA) is 43.1 Å². The predicted molar refractivity (Wildman–Crippen MR) is 40.3 cm³/mol. The SMILES string of the molecule is O=[N+]([O-])c1cc(F)c(S)c(F)c1. The van der Waals surface area contributed by atoms with Crippen LogP contribution in [0.15, 0.2) is 17.0 Å². The average molecular weight is 191 g/mol. The molecule has 0 unspecified atom stereocenters. The normalized spacial score (nSPS) is 9.92. The molecule has 0 heterocycles. The summed E-state index contributed by atoms with van der Waals surface area (Å²) in [6.07, 6.45) is 0. The Morgan fingerprint density at radius 1 is 1.33 bits per heavy atom. The van der Waals surface area contributed by atoms with Gasteiger partial charge in [0.2, 0.25) is 0 Å². The van der Waals surface area contributed by atoms with E-state index in [0.717, 1.165) is 0 Å². The van der Waals surface area contributed by atoms with Crippen LogP contribution in [0.25, 0.3) is 0 Å². The first-order chi connectivity index (χ1) is 5.52. The summed E-state index contributed by atoms with van der Waals surface area (Å²) in [5.74, 6) is -2.07. The molecule has 0 saturated carbocycles. The highest BCUT2D eigenvalue weighted by atomic mass is 32.1. The summed E-state index contributed by atoms with van der Waals surface area (Å²) in [5.41, 5.74) is -0.622. The van der Waals surface area contributed by atoms with Gasteiger partial charge in [0, 0.05) is 0 Å². The largest absolute Gasteiger partial charge is 0.275 e. The second-order valence-corrected chi connectivity index (χ2v) is 2.46. The molecule has 12 heavy (non-hydrogen) atoms. The second-order valence-electron chi connectivity index (χ2n) is 2.02. The highest BCUT2D eigenvalue weighted by molar-refractivity contribution is 7.80. The molecule has 0 radical (unpaired) electrons. The number of nitro groups is 1. The van der Waals surface area contributed by atoms with Gasteiger partial charge in [-0.05, 0) is 0 Å². The van der Waals surface area contributed by atoms with Crippen molar-refractivity contribution in [1.29, 1.82) is 0 Å². The molecule has 0 N–H and O–H groups in total. The van der Waals surface area contributed by atoms with Crippen molar-refractivity contribution < 1.29 is 13.7 Å². The lowest BCUT2D eigenvalue weighted by Crippen LogP contribution is -1.92. The van der Waals surface area contributed by atoms with Gasteiger partial charge in [0.1, 0.15) is 11.6 Å². The van der Waals surface area contributed by atoms with E-state index in [0.29, 0.717) is 12.1 Å². The Hall–Kier alpha value is -1.17. The minimum atomic E-state index is -1.04. The summed E-state index contributed by atoms with van der Waals surface area (Å²) in [6.45, 7) is 0. The number of benzene rings is 1. The van der Waals surface area contributed by atoms with E-state index in [-0.39, 0.29) is 0 Å². The lowest BCUT2D eigenvalue weighted by molar-refractivity contribution is -0.385. The van der Waals surface area contributed by atoms with E-state index < -0.39 is 27.1 Å². The van der Waals surface area contributed by atoms with Gasteiger partial charge in [-0.15, -0.1) is 12.6 Å². The maximum absolute atomic E-state index is 12.6. The summed E-state index contributed by atoms with van der Waals surface area (Å²) < 4.78 is 25.2. The van der Waals surface area contributed by atoms with Crippen molar-refractivity contribution in [3.8, 4) is 0 Å². The molecule has 0 aliphatic rings. The molecule has 0 fully saturated rings. The molecule has 1 aromatic carbocycles. The van der Waals surface area contributed by atoms with Crippen molar-refractivity contribution in [2.45, 2.75) is 4.90 Å². The van der Waals surface area contributed by atoms with Crippen molar-refractivity contribution in [3.05, 3.63) is 33.9 Å². The fourth-order valence-corrected chi connectivity index (χ4v) is 0.787. The average Bonchev–Trinajstić information content (AvgIpc) is 1.99. The number of hydrogen-bond donors (Lipinski definition) is 1. The molecule has 0 amide bonds. The number of non-ortho nitro benzene ring substituents is 1. The third-order valence-electron chi connectivity index (χ3n) is 1.21. The molecule has 1 aromatic rings. The van der Waals surface area contributed by atoms with Crippen molar-refractivity contribution in [3.63, 3.8) is 0 Å². The summed E-state index contributed by atoms with van der Waals surface area (Å²) in [6, 6.07) is 1.23. The summed E-state index contributed by atoms with van der Waals surface area (Å²) in [5, 5.41) is 10.1. The Bertz CT molecular complexity index is 319. The van der Waals surface area contributed by atoms with E-state index in [9.17, 15) is 18.9 Å². The van der Waals surface area contributed by atoms with Crippen molar-refractivity contribution in [2.24, 2.45) is 0 Å². The third-order valence-corrected chi connectivity index (χ3v) is 1.64. The monoisotopic (exact) mass is 191 g/mol. The summed E-state index contributed by atoms with van der Waals surface area (Å²) in [7, 11) is 0. The second kappa shape index (κ2) is 3.06. The summed E-state index contributed by atoms with van der Waals surface area (Å²) in [4.78, 5) is 8.67. The van der Waals surface area contributed by atoms with E-state index in [2.05, 4.69) is 12.6 Å². The van der Waals surface area contributed by atoms with Gasteiger partial charge in [-0.3, -0.25) is 10.1 Å². The van der Waals surface area contributed by atoms with E-state index >= 15 is 0 Å².